The van der Waals surface area contributed by atoms with Crippen LogP contribution in [0.2, 0.25) is 0 Å². The molecule has 6 nitrogen and oxygen atoms in total. The van der Waals surface area contributed by atoms with Crippen molar-refractivity contribution < 1.29 is 13.7 Å². The average molecular weight is 338 g/mol. The summed E-state index contributed by atoms with van der Waals surface area (Å²) in [6.07, 6.45) is 1.94. The molecular formula is C15H19FN4O2S. The smallest absolute Gasteiger partial charge is 0.246 e. The highest BCUT2D eigenvalue weighted by Crippen LogP contribution is 2.21. The molecule has 0 unspecified atom stereocenters. The van der Waals surface area contributed by atoms with Crippen LogP contribution in [0.4, 0.5) is 4.39 Å². The van der Waals surface area contributed by atoms with Gasteiger partial charge in [0.2, 0.25) is 11.8 Å². The van der Waals surface area contributed by atoms with Gasteiger partial charge < -0.3 is 9.84 Å². The molecular weight excluding hydrogens is 319 g/mol. The molecule has 1 atom stereocenters. The van der Waals surface area contributed by atoms with Crippen LogP contribution in [0.15, 0.2) is 28.8 Å². The SMILES string of the molecule is CSCc1noc(CNC(=O)[C@H](c2ccccc2F)N(C)C)n1. The maximum absolute atomic E-state index is 14.0. The molecule has 0 aliphatic rings. The van der Waals surface area contributed by atoms with Crippen molar-refractivity contribution in [1.82, 2.24) is 20.4 Å². The van der Waals surface area contributed by atoms with Crippen molar-refractivity contribution in [2.45, 2.75) is 18.3 Å². The predicted molar refractivity (Wildman–Crippen MR) is 86.2 cm³/mol. The summed E-state index contributed by atoms with van der Waals surface area (Å²) in [6, 6.07) is 5.50. The molecule has 0 saturated heterocycles. The zero-order chi connectivity index (χ0) is 16.8. The van der Waals surface area contributed by atoms with E-state index in [-0.39, 0.29) is 12.5 Å². The number of hydrogen-bond acceptors (Lipinski definition) is 6. The van der Waals surface area contributed by atoms with Crippen molar-refractivity contribution in [2.75, 3.05) is 20.4 Å². The first-order chi connectivity index (χ1) is 11.0. The molecule has 0 bridgehead atoms. The van der Waals surface area contributed by atoms with Crippen LogP contribution in [-0.2, 0) is 17.1 Å². The van der Waals surface area contributed by atoms with Crippen molar-refractivity contribution in [2.24, 2.45) is 0 Å². The highest BCUT2D eigenvalue weighted by atomic mass is 32.2. The Morgan fingerprint density at radius 2 is 2.17 bits per heavy atom. The third-order valence-corrected chi connectivity index (χ3v) is 3.71. The molecule has 1 heterocycles. The number of thioether (sulfide) groups is 1. The Bertz CT molecular complexity index is 662. The van der Waals surface area contributed by atoms with E-state index in [1.54, 1.807) is 49.0 Å². The molecule has 0 saturated carbocycles. The van der Waals surface area contributed by atoms with Crippen LogP contribution in [0, 0.1) is 5.82 Å². The number of amides is 1. The van der Waals surface area contributed by atoms with Crippen LogP contribution in [-0.4, -0.2) is 41.3 Å². The lowest BCUT2D eigenvalue weighted by atomic mass is 10.0. The van der Waals surface area contributed by atoms with Gasteiger partial charge in [-0.1, -0.05) is 23.4 Å². The highest BCUT2D eigenvalue weighted by Gasteiger charge is 2.25. The Hall–Kier alpha value is -1.93. The molecule has 2 rings (SSSR count). The van der Waals surface area contributed by atoms with Crippen LogP contribution < -0.4 is 5.32 Å². The summed E-state index contributed by atoms with van der Waals surface area (Å²) in [5.41, 5.74) is 0.323. The lowest BCUT2D eigenvalue weighted by Gasteiger charge is -2.23. The molecule has 0 spiro atoms. The number of benzene rings is 1. The van der Waals surface area contributed by atoms with Gasteiger partial charge in [-0.05, 0) is 26.4 Å². The van der Waals surface area contributed by atoms with Gasteiger partial charge in [0, 0.05) is 5.56 Å². The fourth-order valence-corrected chi connectivity index (χ4v) is 2.54. The summed E-state index contributed by atoms with van der Waals surface area (Å²) >= 11 is 1.58. The van der Waals surface area contributed by atoms with Crippen molar-refractivity contribution in [3.05, 3.63) is 47.4 Å². The Kier molecular flexibility index (Phi) is 6.12. The van der Waals surface area contributed by atoms with Crippen LogP contribution in [0.5, 0.6) is 0 Å². The number of halogens is 1. The molecule has 0 aliphatic carbocycles. The number of hydrogen-bond donors (Lipinski definition) is 1. The monoisotopic (exact) mass is 338 g/mol. The normalized spacial score (nSPS) is 12.4. The molecule has 0 aliphatic heterocycles. The summed E-state index contributed by atoms with van der Waals surface area (Å²) in [4.78, 5) is 18.2. The van der Waals surface area contributed by atoms with E-state index in [2.05, 4.69) is 15.5 Å². The first kappa shape index (κ1) is 17.4. The average Bonchev–Trinajstić information content (AvgIpc) is 2.95. The molecule has 23 heavy (non-hydrogen) atoms. The van der Waals surface area contributed by atoms with Crippen LogP contribution in [0.3, 0.4) is 0 Å². The largest absolute Gasteiger partial charge is 0.345 e. The third kappa shape index (κ3) is 4.52. The molecule has 1 aromatic carbocycles. The Morgan fingerprint density at radius 1 is 1.43 bits per heavy atom. The lowest BCUT2D eigenvalue weighted by Crippen LogP contribution is -2.37. The van der Waals surface area contributed by atoms with E-state index >= 15 is 0 Å². The van der Waals surface area contributed by atoms with E-state index in [0.717, 1.165) is 0 Å². The first-order valence-electron chi connectivity index (χ1n) is 7.02. The second-order valence-electron chi connectivity index (χ2n) is 5.14. The van der Waals surface area contributed by atoms with Gasteiger partial charge >= 0.3 is 0 Å². The number of nitrogens with zero attached hydrogens (tertiary/aromatic N) is 3. The first-order valence-corrected chi connectivity index (χ1v) is 8.41. The van der Waals surface area contributed by atoms with Crippen molar-refractivity contribution in [3.63, 3.8) is 0 Å². The van der Waals surface area contributed by atoms with E-state index in [0.29, 0.717) is 23.0 Å². The number of carbonyl (C=O) groups is 1. The molecule has 2 aromatic rings. The Morgan fingerprint density at radius 3 is 2.83 bits per heavy atom. The number of likely N-dealkylation sites (N-methyl/N-ethyl adjacent to an activating group) is 1. The molecule has 124 valence electrons. The van der Waals surface area contributed by atoms with Crippen LogP contribution in [0.25, 0.3) is 0 Å². The molecule has 1 amide bonds. The van der Waals surface area contributed by atoms with E-state index in [1.165, 1.54) is 6.07 Å². The van der Waals surface area contributed by atoms with E-state index in [9.17, 15) is 9.18 Å². The summed E-state index contributed by atoms with van der Waals surface area (Å²) in [6.45, 7) is 0.110. The summed E-state index contributed by atoms with van der Waals surface area (Å²) in [7, 11) is 3.44. The van der Waals surface area contributed by atoms with E-state index in [1.807, 2.05) is 6.26 Å². The van der Waals surface area contributed by atoms with Gasteiger partial charge in [-0.25, -0.2) is 4.39 Å². The second-order valence-corrected chi connectivity index (χ2v) is 6.01. The number of aromatic nitrogens is 2. The van der Waals surface area contributed by atoms with Gasteiger partial charge in [-0.2, -0.15) is 16.7 Å². The number of nitrogens with one attached hydrogen (secondary N) is 1. The maximum Gasteiger partial charge on any atom is 0.246 e. The van der Waals surface area contributed by atoms with E-state index < -0.39 is 11.9 Å². The molecule has 8 heteroatoms. The lowest BCUT2D eigenvalue weighted by molar-refractivity contribution is -0.126. The second kappa shape index (κ2) is 8.07. The fraction of sp³-hybridized carbons (Fsp3) is 0.400. The third-order valence-electron chi connectivity index (χ3n) is 3.16. The minimum absolute atomic E-state index is 0.110. The number of carbonyl (C=O) groups excluding carboxylic acids is 1. The van der Waals surface area contributed by atoms with Gasteiger partial charge in [0.15, 0.2) is 5.82 Å². The molecule has 0 fully saturated rings. The summed E-state index contributed by atoms with van der Waals surface area (Å²) in [5, 5.41) is 6.52. The predicted octanol–water partition coefficient (Wildman–Crippen LogP) is 1.99. The van der Waals surface area contributed by atoms with Gasteiger partial charge in [-0.3, -0.25) is 9.69 Å². The molecule has 1 aromatic heterocycles. The minimum atomic E-state index is -0.732. The Labute approximate surface area is 138 Å². The fourth-order valence-electron chi connectivity index (χ4n) is 2.16. The van der Waals surface area contributed by atoms with Crippen LogP contribution >= 0.6 is 11.8 Å². The zero-order valence-corrected chi connectivity index (χ0v) is 14.1. The highest BCUT2D eigenvalue weighted by molar-refractivity contribution is 7.97. The quantitative estimate of drug-likeness (QED) is 0.832. The zero-order valence-electron chi connectivity index (χ0n) is 13.2. The standard InChI is InChI=1S/C15H19FN4O2S/c1-20(2)14(10-6-4-5-7-11(10)16)15(21)17-8-13-18-12(9-23-3)19-22-13/h4-7,14H,8-9H2,1-3H3,(H,17,21)/t14-/m0/s1. The summed E-state index contributed by atoms with van der Waals surface area (Å²) in [5.74, 6) is 0.812. The number of rotatable bonds is 7. The van der Waals surface area contributed by atoms with Crippen molar-refractivity contribution >= 4 is 17.7 Å². The molecule has 0 radical (unpaired) electrons. The molecule has 1 N–H and O–H groups in total. The van der Waals surface area contributed by atoms with Crippen LogP contribution in [0.1, 0.15) is 23.3 Å². The minimum Gasteiger partial charge on any atom is -0.345 e. The van der Waals surface area contributed by atoms with Gasteiger partial charge in [-0.15, -0.1) is 0 Å². The maximum atomic E-state index is 14.0. The van der Waals surface area contributed by atoms with Crippen molar-refractivity contribution in [1.29, 1.82) is 0 Å². The summed E-state index contributed by atoms with van der Waals surface area (Å²) < 4.78 is 19.0. The van der Waals surface area contributed by atoms with Gasteiger partial charge in [0.1, 0.15) is 11.9 Å². The van der Waals surface area contributed by atoms with Crippen molar-refractivity contribution in [3.8, 4) is 0 Å². The Balaban J connectivity index is 2.05. The van der Waals surface area contributed by atoms with Gasteiger partial charge in [0.05, 0.1) is 12.3 Å². The van der Waals surface area contributed by atoms with Gasteiger partial charge in [0.25, 0.3) is 0 Å². The van der Waals surface area contributed by atoms with E-state index in [4.69, 9.17) is 4.52 Å². The topological polar surface area (TPSA) is 71.3 Å².